The Morgan fingerprint density at radius 3 is 2.26 bits per heavy atom. The standard InChI is InChI=1S/C25H30INO7/c1-24(2,3)34-23(29)27-19(14-32-25(27,4)5)15-8-10-16(11-9-15)33-22(28)18-12-17(30-6)13-20(31-7)21(18)26/h8-13,19H,14H2,1-7H3/t19-/m0/s1. The Kier molecular flexibility index (Phi) is 7.66. The lowest BCUT2D eigenvalue weighted by Crippen LogP contribution is -2.47. The normalized spacial score (nSPS) is 17.3. The summed E-state index contributed by atoms with van der Waals surface area (Å²) in [5.74, 6) is 0.849. The monoisotopic (exact) mass is 583 g/mol. The number of ether oxygens (including phenoxy) is 5. The van der Waals surface area contributed by atoms with E-state index in [-0.39, 0.29) is 6.04 Å². The molecule has 3 rings (SSSR count). The molecule has 2 aromatic rings. The zero-order valence-electron chi connectivity index (χ0n) is 20.4. The highest BCUT2D eigenvalue weighted by Crippen LogP contribution is 2.38. The van der Waals surface area contributed by atoms with Crippen molar-refractivity contribution >= 4 is 34.7 Å². The highest BCUT2D eigenvalue weighted by Gasteiger charge is 2.46. The number of halogens is 1. The number of carbonyl (C=O) groups excluding carboxylic acids is 2. The fourth-order valence-corrected chi connectivity index (χ4v) is 4.37. The van der Waals surface area contributed by atoms with Crippen molar-refractivity contribution in [1.29, 1.82) is 0 Å². The predicted octanol–water partition coefficient (Wildman–Crippen LogP) is 5.57. The molecule has 9 heteroatoms. The first-order valence-corrected chi connectivity index (χ1v) is 11.8. The van der Waals surface area contributed by atoms with E-state index in [4.69, 9.17) is 23.7 Å². The topological polar surface area (TPSA) is 83.5 Å². The van der Waals surface area contributed by atoms with E-state index in [1.165, 1.54) is 14.2 Å². The van der Waals surface area contributed by atoms with Crippen LogP contribution in [0, 0.1) is 3.57 Å². The lowest BCUT2D eigenvalue weighted by Gasteiger charge is -2.35. The van der Waals surface area contributed by atoms with Gasteiger partial charge >= 0.3 is 12.1 Å². The molecular formula is C25H30INO7. The van der Waals surface area contributed by atoms with E-state index in [0.29, 0.717) is 33.0 Å². The van der Waals surface area contributed by atoms with Crippen LogP contribution in [0.1, 0.15) is 56.6 Å². The van der Waals surface area contributed by atoms with Gasteiger partial charge in [0.05, 0.1) is 36.0 Å². The molecule has 1 atom stereocenters. The van der Waals surface area contributed by atoms with Crippen molar-refractivity contribution in [3.8, 4) is 17.2 Å². The van der Waals surface area contributed by atoms with Gasteiger partial charge < -0.3 is 23.7 Å². The summed E-state index contributed by atoms with van der Waals surface area (Å²) in [4.78, 5) is 27.3. The molecule has 2 aromatic carbocycles. The van der Waals surface area contributed by atoms with Crippen molar-refractivity contribution in [2.45, 2.75) is 52.0 Å². The maximum absolute atomic E-state index is 12.9. The summed E-state index contributed by atoms with van der Waals surface area (Å²) in [5, 5.41) is 0. The second kappa shape index (κ2) is 9.99. The zero-order chi connectivity index (χ0) is 25.3. The molecule has 1 saturated heterocycles. The summed E-state index contributed by atoms with van der Waals surface area (Å²) in [6, 6.07) is 9.98. The van der Waals surface area contributed by atoms with Crippen LogP contribution in [0.3, 0.4) is 0 Å². The molecule has 0 bridgehead atoms. The second-order valence-corrected chi connectivity index (χ2v) is 10.4. The van der Waals surface area contributed by atoms with Gasteiger partial charge in [-0.3, -0.25) is 4.90 Å². The van der Waals surface area contributed by atoms with Gasteiger partial charge in [-0.15, -0.1) is 0 Å². The van der Waals surface area contributed by atoms with Gasteiger partial charge in [-0.25, -0.2) is 9.59 Å². The van der Waals surface area contributed by atoms with Crippen LogP contribution in [0.4, 0.5) is 4.79 Å². The quantitative estimate of drug-likeness (QED) is 0.259. The summed E-state index contributed by atoms with van der Waals surface area (Å²) in [5.41, 5.74) is -0.268. The smallest absolute Gasteiger partial charge is 0.413 e. The first-order chi connectivity index (χ1) is 15.9. The molecule has 1 amide bonds. The molecule has 1 heterocycles. The summed E-state index contributed by atoms with van der Waals surface area (Å²) in [7, 11) is 3.05. The zero-order valence-corrected chi connectivity index (χ0v) is 22.6. The number of rotatable bonds is 5. The average molecular weight is 583 g/mol. The largest absolute Gasteiger partial charge is 0.497 e. The Balaban J connectivity index is 1.80. The number of esters is 1. The van der Waals surface area contributed by atoms with Crippen molar-refractivity contribution in [2.24, 2.45) is 0 Å². The van der Waals surface area contributed by atoms with Crippen LogP contribution < -0.4 is 14.2 Å². The van der Waals surface area contributed by atoms with E-state index >= 15 is 0 Å². The third kappa shape index (κ3) is 5.75. The average Bonchev–Trinajstić information content (AvgIpc) is 3.08. The minimum Gasteiger partial charge on any atom is -0.497 e. The molecule has 1 aliphatic heterocycles. The van der Waals surface area contributed by atoms with Crippen LogP contribution in [-0.4, -0.2) is 49.1 Å². The minimum absolute atomic E-state index is 0.327. The lowest BCUT2D eigenvalue weighted by atomic mass is 10.1. The van der Waals surface area contributed by atoms with Gasteiger partial charge in [-0.05, 0) is 81.0 Å². The predicted molar refractivity (Wildman–Crippen MR) is 135 cm³/mol. The summed E-state index contributed by atoms with van der Waals surface area (Å²) in [6.45, 7) is 9.46. The van der Waals surface area contributed by atoms with Crippen molar-refractivity contribution in [3.63, 3.8) is 0 Å². The van der Waals surface area contributed by atoms with E-state index in [9.17, 15) is 9.59 Å². The fraction of sp³-hybridized carbons (Fsp3) is 0.440. The Morgan fingerprint density at radius 1 is 1.06 bits per heavy atom. The van der Waals surface area contributed by atoms with E-state index in [2.05, 4.69) is 0 Å². The van der Waals surface area contributed by atoms with Gasteiger partial charge in [0.15, 0.2) is 0 Å². The van der Waals surface area contributed by atoms with Crippen LogP contribution in [-0.2, 0) is 9.47 Å². The number of amides is 1. The molecule has 0 N–H and O–H groups in total. The Morgan fingerprint density at radius 2 is 1.71 bits per heavy atom. The van der Waals surface area contributed by atoms with Gasteiger partial charge in [0.25, 0.3) is 0 Å². The summed E-state index contributed by atoms with van der Waals surface area (Å²) < 4.78 is 28.3. The highest BCUT2D eigenvalue weighted by atomic mass is 127. The number of methoxy groups -OCH3 is 2. The molecule has 0 radical (unpaired) electrons. The number of hydrogen-bond acceptors (Lipinski definition) is 7. The third-order valence-corrected chi connectivity index (χ3v) is 6.35. The molecule has 0 aromatic heterocycles. The van der Waals surface area contributed by atoms with Crippen molar-refractivity contribution < 1.29 is 33.3 Å². The molecule has 34 heavy (non-hydrogen) atoms. The van der Waals surface area contributed by atoms with Crippen LogP contribution in [0.25, 0.3) is 0 Å². The van der Waals surface area contributed by atoms with Crippen LogP contribution in [0.15, 0.2) is 36.4 Å². The maximum Gasteiger partial charge on any atom is 0.413 e. The van der Waals surface area contributed by atoms with Crippen LogP contribution >= 0.6 is 22.6 Å². The van der Waals surface area contributed by atoms with Crippen molar-refractivity contribution in [1.82, 2.24) is 4.90 Å². The Hall–Kier alpha value is -2.53. The van der Waals surface area contributed by atoms with Crippen LogP contribution in [0.5, 0.6) is 17.2 Å². The highest BCUT2D eigenvalue weighted by molar-refractivity contribution is 14.1. The molecule has 0 saturated carbocycles. The second-order valence-electron chi connectivity index (χ2n) is 9.27. The summed E-state index contributed by atoms with van der Waals surface area (Å²) >= 11 is 2.04. The van der Waals surface area contributed by atoms with Gasteiger partial charge in [0.2, 0.25) is 0 Å². The third-order valence-electron chi connectivity index (χ3n) is 5.24. The fourth-order valence-electron chi connectivity index (χ4n) is 3.61. The first kappa shape index (κ1) is 26.1. The number of hydrogen-bond donors (Lipinski definition) is 0. The maximum atomic E-state index is 12.9. The molecule has 0 aliphatic carbocycles. The van der Waals surface area contributed by atoms with Gasteiger partial charge in [0, 0.05) is 6.07 Å². The van der Waals surface area contributed by atoms with E-state index in [1.807, 2.05) is 69.3 Å². The molecule has 8 nitrogen and oxygen atoms in total. The van der Waals surface area contributed by atoms with E-state index in [1.54, 1.807) is 29.2 Å². The number of nitrogens with zero attached hydrogens (tertiary/aromatic N) is 1. The lowest BCUT2D eigenvalue weighted by molar-refractivity contribution is -0.0626. The number of benzene rings is 2. The van der Waals surface area contributed by atoms with E-state index < -0.39 is 23.4 Å². The molecule has 0 spiro atoms. The van der Waals surface area contributed by atoms with Gasteiger partial charge in [-0.1, -0.05) is 12.1 Å². The minimum atomic E-state index is -0.819. The molecule has 1 fully saturated rings. The van der Waals surface area contributed by atoms with Gasteiger partial charge in [0.1, 0.15) is 28.6 Å². The molecular weight excluding hydrogens is 553 g/mol. The van der Waals surface area contributed by atoms with Crippen molar-refractivity contribution in [3.05, 3.63) is 51.1 Å². The SMILES string of the molecule is COc1cc(OC)c(I)c(C(=O)Oc2ccc([C@@H]3COC(C)(C)N3C(=O)OC(C)(C)C)cc2)c1. The molecule has 1 aliphatic rings. The van der Waals surface area contributed by atoms with E-state index in [0.717, 1.165) is 5.56 Å². The van der Waals surface area contributed by atoms with Gasteiger partial charge in [-0.2, -0.15) is 0 Å². The molecule has 184 valence electrons. The first-order valence-electron chi connectivity index (χ1n) is 10.8. The number of carbonyl (C=O) groups is 2. The summed E-state index contributed by atoms with van der Waals surface area (Å²) in [6.07, 6.45) is -0.447. The van der Waals surface area contributed by atoms with Crippen LogP contribution in [0.2, 0.25) is 0 Å². The van der Waals surface area contributed by atoms with Crippen molar-refractivity contribution in [2.75, 3.05) is 20.8 Å². The Bertz CT molecular complexity index is 1060. The molecule has 0 unspecified atom stereocenters. The Labute approximate surface area is 213 Å².